The Morgan fingerprint density at radius 1 is 1.35 bits per heavy atom. The summed E-state index contributed by atoms with van der Waals surface area (Å²) >= 11 is 0. The van der Waals surface area contributed by atoms with Crippen LogP contribution in [0.3, 0.4) is 0 Å². The third kappa shape index (κ3) is 5.07. The summed E-state index contributed by atoms with van der Waals surface area (Å²) in [6.07, 6.45) is 1.83. The molecule has 0 saturated carbocycles. The first-order valence-corrected chi connectivity index (χ1v) is 8.18. The van der Waals surface area contributed by atoms with E-state index < -0.39 is 10.0 Å². The zero-order valence-electron chi connectivity index (χ0n) is 11.0. The summed E-state index contributed by atoms with van der Waals surface area (Å²) in [7, 11) is -3.38. The maximum Gasteiger partial charge on any atom is 0.215 e. The van der Waals surface area contributed by atoms with Crippen LogP contribution in [-0.2, 0) is 14.8 Å². The summed E-state index contributed by atoms with van der Waals surface area (Å²) in [4.78, 5) is 0. The molecule has 1 saturated heterocycles. The molecular weight excluding hydrogens is 285 g/mol. The Labute approximate surface area is 118 Å². The third-order valence-electron chi connectivity index (χ3n) is 2.99. The van der Waals surface area contributed by atoms with Crippen molar-refractivity contribution in [3.05, 3.63) is 30.1 Å². The van der Waals surface area contributed by atoms with E-state index in [0.29, 0.717) is 18.9 Å². The smallest absolute Gasteiger partial charge is 0.215 e. The van der Waals surface area contributed by atoms with Crippen LogP contribution in [0.25, 0.3) is 0 Å². The lowest BCUT2D eigenvalue weighted by molar-refractivity contribution is 0.114. The van der Waals surface area contributed by atoms with Crippen molar-refractivity contribution in [2.45, 2.75) is 18.9 Å². The lowest BCUT2D eigenvalue weighted by atomic mass is 10.2. The van der Waals surface area contributed by atoms with Gasteiger partial charge in [0.05, 0.1) is 11.9 Å². The molecule has 5 nitrogen and oxygen atoms in total. The van der Waals surface area contributed by atoms with Crippen LogP contribution >= 0.6 is 0 Å². The number of hydrogen-bond donors (Lipinski definition) is 1. The predicted molar refractivity (Wildman–Crippen MR) is 72.7 cm³/mol. The third-order valence-corrected chi connectivity index (χ3v) is 4.30. The van der Waals surface area contributed by atoms with E-state index in [1.807, 2.05) is 0 Å². The second-order valence-electron chi connectivity index (χ2n) is 4.60. The average molecular weight is 303 g/mol. The average Bonchev–Trinajstić information content (AvgIpc) is 2.92. The SMILES string of the molecule is O=S(=O)(CCOc1ccc(F)cc1)NCC1CCCO1. The van der Waals surface area contributed by atoms with Crippen LogP contribution in [-0.4, -0.2) is 40.0 Å². The Hall–Kier alpha value is -1.18. The molecule has 112 valence electrons. The number of nitrogens with one attached hydrogen (secondary N) is 1. The van der Waals surface area contributed by atoms with Gasteiger partial charge in [-0.3, -0.25) is 0 Å². The fourth-order valence-corrected chi connectivity index (χ4v) is 2.78. The van der Waals surface area contributed by atoms with Crippen molar-refractivity contribution in [1.82, 2.24) is 4.72 Å². The predicted octanol–water partition coefficient (Wildman–Crippen LogP) is 1.30. The molecule has 1 N–H and O–H groups in total. The summed E-state index contributed by atoms with van der Waals surface area (Å²) in [5.41, 5.74) is 0. The Balaban J connectivity index is 1.70. The molecule has 1 fully saturated rings. The van der Waals surface area contributed by atoms with Crippen LogP contribution in [0, 0.1) is 5.82 Å². The van der Waals surface area contributed by atoms with Gasteiger partial charge in [0, 0.05) is 13.2 Å². The molecule has 20 heavy (non-hydrogen) atoms. The minimum Gasteiger partial charge on any atom is -0.492 e. The molecule has 0 aromatic heterocycles. The summed E-state index contributed by atoms with van der Waals surface area (Å²) in [6, 6.07) is 5.45. The van der Waals surface area contributed by atoms with Crippen LogP contribution in [0.15, 0.2) is 24.3 Å². The van der Waals surface area contributed by atoms with Crippen LogP contribution in [0.1, 0.15) is 12.8 Å². The second kappa shape index (κ2) is 7.01. The molecule has 0 spiro atoms. The molecule has 0 radical (unpaired) electrons. The quantitative estimate of drug-likeness (QED) is 0.825. The molecule has 1 atom stereocenters. The van der Waals surface area contributed by atoms with E-state index in [0.717, 1.165) is 12.8 Å². The van der Waals surface area contributed by atoms with Crippen molar-refractivity contribution >= 4 is 10.0 Å². The monoisotopic (exact) mass is 303 g/mol. The lowest BCUT2D eigenvalue weighted by Gasteiger charge is -2.11. The van der Waals surface area contributed by atoms with Gasteiger partial charge in [-0.2, -0.15) is 0 Å². The van der Waals surface area contributed by atoms with Crippen molar-refractivity contribution < 1.29 is 22.3 Å². The number of sulfonamides is 1. The molecule has 1 aromatic rings. The number of halogens is 1. The van der Waals surface area contributed by atoms with Crippen LogP contribution in [0.5, 0.6) is 5.75 Å². The first kappa shape index (κ1) is 15.2. The van der Waals surface area contributed by atoms with Gasteiger partial charge in [-0.1, -0.05) is 0 Å². The molecule has 0 aliphatic carbocycles. The fraction of sp³-hybridized carbons (Fsp3) is 0.538. The highest BCUT2D eigenvalue weighted by Gasteiger charge is 2.18. The fourth-order valence-electron chi connectivity index (χ4n) is 1.90. The summed E-state index contributed by atoms with van der Waals surface area (Å²) < 4.78 is 49.2. The van der Waals surface area contributed by atoms with Crippen molar-refractivity contribution in [2.75, 3.05) is 25.5 Å². The van der Waals surface area contributed by atoms with Crippen LogP contribution < -0.4 is 9.46 Å². The standard InChI is InChI=1S/C13H18FNO4S/c14-11-3-5-12(6-4-11)19-8-9-20(16,17)15-10-13-2-1-7-18-13/h3-6,13,15H,1-2,7-10H2. The van der Waals surface area contributed by atoms with Gasteiger partial charge >= 0.3 is 0 Å². The molecule has 1 heterocycles. The van der Waals surface area contributed by atoms with Gasteiger partial charge in [0.2, 0.25) is 10.0 Å². The van der Waals surface area contributed by atoms with E-state index >= 15 is 0 Å². The van der Waals surface area contributed by atoms with Gasteiger partial charge in [-0.15, -0.1) is 0 Å². The maximum absolute atomic E-state index is 12.7. The van der Waals surface area contributed by atoms with Crippen molar-refractivity contribution in [3.8, 4) is 5.75 Å². The Bertz CT molecular complexity index is 512. The van der Waals surface area contributed by atoms with E-state index in [-0.39, 0.29) is 24.3 Å². The molecule has 7 heteroatoms. The van der Waals surface area contributed by atoms with Crippen molar-refractivity contribution in [2.24, 2.45) is 0 Å². The molecular formula is C13H18FNO4S. The molecule has 2 rings (SSSR count). The minimum absolute atomic E-state index is 0.0203. The lowest BCUT2D eigenvalue weighted by Crippen LogP contribution is -2.34. The van der Waals surface area contributed by atoms with E-state index in [2.05, 4.69) is 4.72 Å². The van der Waals surface area contributed by atoms with E-state index in [1.165, 1.54) is 24.3 Å². The molecule has 1 unspecified atom stereocenters. The molecule has 0 amide bonds. The molecule has 1 aliphatic rings. The Kier molecular flexibility index (Phi) is 5.33. The van der Waals surface area contributed by atoms with Crippen molar-refractivity contribution in [1.29, 1.82) is 0 Å². The maximum atomic E-state index is 12.7. The first-order valence-electron chi connectivity index (χ1n) is 6.52. The van der Waals surface area contributed by atoms with Gasteiger partial charge in [0.25, 0.3) is 0 Å². The van der Waals surface area contributed by atoms with Gasteiger partial charge in [0.15, 0.2) is 0 Å². The van der Waals surface area contributed by atoms with E-state index in [9.17, 15) is 12.8 Å². The zero-order chi connectivity index (χ0) is 14.4. The summed E-state index contributed by atoms with van der Waals surface area (Å²) in [5.74, 6) is -0.0548. The highest BCUT2D eigenvalue weighted by molar-refractivity contribution is 7.89. The highest BCUT2D eigenvalue weighted by atomic mass is 32.2. The van der Waals surface area contributed by atoms with E-state index in [4.69, 9.17) is 9.47 Å². The molecule has 1 aliphatic heterocycles. The largest absolute Gasteiger partial charge is 0.492 e. The van der Waals surface area contributed by atoms with Crippen LogP contribution in [0.2, 0.25) is 0 Å². The first-order chi connectivity index (χ1) is 9.55. The topological polar surface area (TPSA) is 64.6 Å². The molecule has 0 bridgehead atoms. The number of benzene rings is 1. The summed E-state index contributed by atoms with van der Waals surface area (Å²) in [6.45, 7) is 1.02. The minimum atomic E-state index is -3.38. The highest BCUT2D eigenvalue weighted by Crippen LogP contribution is 2.12. The van der Waals surface area contributed by atoms with Crippen LogP contribution in [0.4, 0.5) is 4.39 Å². The zero-order valence-corrected chi connectivity index (χ0v) is 11.9. The van der Waals surface area contributed by atoms with Gasteiger partial charge < -0.3 is 9.47 Å². The summed E-state index contributed by atoms with van der Waals surface area (Å²) in [5, 5.41) is 0. The Morgan fingerprint density at radius 3 is 2.75 bits per heavy atom. The number of rotatable bonds is 7. The van der Waals surface area contributed by atoms with Crippen molar-refractivity contribution in [3.63, 3.8) is 0 Å². The number of hydrogen-bond acceptors (Lipinski definition) is 4. The van der Waals surface area contributed by atoms with Gasteiger partial charge in [-0.25, -0.2) is 17.5 Å². The van der Waals surface area contributed by atoms with Gasteiger partial charge in [-0.05, 0) is 37.1 Å². The molecule has 1 aromatic carbocycles. The number of ether oxygens (including phenoxy) is 2. The second-order valence-corrected chi connectivity index (χ2v) is 6.53. The van der Waals surface area contributed by atoms with E-state index in [1.54, 1.807) is 0 Å². The Morgan fingerprint density at radius 2 is 2.10 bits per heavy atom. The normalized spacial score (nSPS) is 19.1. The van der Waals surface area contributed by atoms with Gasteiger partial charge in [0.1, 0.15) is 18.2 Å².